The molecule has 1 aromatic carbocycles. The molecule has 9 heteroatoms. The Morgan fingerprint density at radius 1 is 1.21 bits per heavy atom. The van der Waals surface area contributed by atoms with Crippen molar-refractivity contribution in [2.45, 2.75) is 37.0 Å². The zero-order valence-corrected chi connectivity index (χ0v) is 18.9. The lowest BCUT2D eigenvalue weighted by atomic mass is 9.78. The van der Waals surface area contributed by atoms with Crippen LogP contribution in [0.15, 0.2) is 82.4 Å². The molecule has 0 radical (unpaired) electrons. The van der Waals surface area contributed by atoms with Crippen molar-refractivity contribution in [1.29, 1.82) is 0 Å². The Labute approximate surface area is 192 Å². The van der Waals surface area contributed by atoms with Crippen LogP contribution in [-0.2, 0) is 4.74 Å². The van der Waals surface area contributed by atoms with E-state index < -0.39 is 17.4 Å². The van der Waals surface area contributed by atoms with Crippen molar-refractivity contribution < 1.29 is 22.7 Å². The van der Waals surface area contributed by atoms with Gasteiger partial charge in [-0.05, 0) is 37.3 Å². The quantitative estimate of drug-likeness (QED) is 0.518. The molecule has 170 valence electrons. The SMILES string of the molecule is COC1=C(C)CC23C=CC=C(C(F)(F)F)N2c2ncc(SC(=O)c4ccccc4)n2C3=C1C. The minimum atomic E-state index is -4.58. The number of halogens is 3. The normalized spacial score (nSPS) is 21.6. The third-order valence-corrected chi connectivity index (χ3v) is 7.05. The van der Waals surface area contributed by atoms with Gasteiger partial charge in [-0.2, -0.15) is 13.2 Å². The lowest BCUT2D eigenvalue weighted by Crippen LogP contribution is -2.50. The third-order valence-electron chi connectivity index (χ3n) is 6.13. The first-order valence-electron chi connectivity index (χ1n) is 10.3. The average molecular weight is 472 g/mol. The van der Waals surface area contributed by atoms with Gasteiger partial charge in [0.1, 0.15) is 22.0 Å². The van der Waals surface area contributed by atoms with E-state index in [2.05, 4.69) is 4.98 Å². The van der Waals surface area contributed by atoms with Crippen molar-refractivity contribution in [2.24, 2.45) is 0 Å². The van der Waals surface area contributed by atoms with E-state index in [0.29, 0.717) is 34.0 Å². The van der Waals surface area contributed by atoms with E-state index >= 15 is 0 Å². The predicted molar refractivity (Wildman–Crippen MR) is 121 cm³/mol. The second-order valence-electron chi connectivity index (χ2n) is 8.12. The molecule has 0 fully saturated rings. The molecular weight excluding hydrogens is 451 g/mol. The highest BCUT2D eigenvalue weighted by atomic mass is 32.2. The number of aromatic nitrogens is 2. The van der Waals surface area contributed by atoms with Crippen molar-refractivity contribution in [2.75, 3.05) is 12.0 Å². The predicted octanol–water partition coefficient (Wildman–Crippen LogP) is 5.95. The largest absolute Gasteiger partial charge is 0.496 e. The van der Waals surface area contributed by atoms with Crippen molar-refractivity contribution in [3.8, 4) is 0 Å². The van der Waals surface area contributed by atoms with Crippen LogP contribution >= 0.6 is 11.8 Å². The van der Waals surface area contributed by atoms with Crippen LogP contribution in [0.4, 0.5) is 19.1 Å². The Bertz CT molecular complexity index is 1290. The summed E-state index contributed by atoms with van der Waals surface area (Å²) in [6.07, 6.45) is 1.46. The molecule has 1 aliphatic carbocycles. The lowest BCUT2D eigenvalue weighted by Gasteiger charge is -2.43. The molecule has 0 amide bonds. The molecule has 0 N–H and O–H groups in total. The number of carbonyl (C=O) groups is 1. The Balaban J connectivity index is 1.71. The van der Waals surface area contributed by atoms with Gasteiger partial charge in [0.2, 0.25) is 11.1 Å². The number of rotatable bonds is 3. The maximum atomic E-state index is 14.1. The van der Waals surface area contributed by atoms with Gasteiger partial charge in [-0.15, -0.1) is 0 Å². The van der Waals surface area contributed by atoms with Crippen molar-refractivity contribution in [3.63, 3.8) is 0 Å². The van der Waals surface area contributed by atoms with E-state index in [9.17, 15) is 18.0 Å². The fraction of sp³-hybridized carbons (Fsp3) is 0.250. The van der Waals surface area contributed by atoms with E-state index in [1.165, 1.54) is 17.2 Å². The van der Waals surface area contributed by atoms with Crippen LogP contribution in [0.2, 0.25) is 0 Å². The Hall–Kier alpha value is -3.20. The van der Waals surface area contributed by atoms with Crippen LogP contribution < -0.4 is 4.90 Å². The number of carbonyl (C=O) groups excluding carboxylic acids is 1. The summed E-state index contributed by atoms with van der Waals surface area (Å²) in [6.45, 7) is 3.69. The van der Waals surface area contributed by atoms with Crippen molar-refractivity contribution >= 4 is 28.5 Å². The lowest BCUT2D eigenvalue weighted by molar-refractivity contribution is -0.0945. The van der Waals surface area contributed by atoms with Gasteiger partial charge in [-0.3, -0.25) is 14.3 Å². The second-order valence-corrected chi connectivity index (χ2v) is 9.11. The molecule has 2 aliphatic heterocycles. The molecule has 3 aliphatic rings. The van der Waals surface area contributed by atoms with Gasteiger partial charge in [-0.1, -0.05) is 42.5 Å². The maximum absolute atomic E-state index is 14.1. The molecule has 5 rings (SSSR count). The van der Waals surface area contributed by atoms with Crippen LogP contribution in [0, 0.1) is 0 Å². The van der Waals surface area contributed by atoms with E-state index in [4.69, 9.17) is 4.74 Å². The number of allylic oxidation sites excluding steroid dienone is 4. The molecule has 5 nitrogen and oxygen atoms in total. The third kappa shape index (κ3) is 3.09. The number of fused-ring (bicyclic) bond motifs is 3. The summed E-state index contributed by atoms with van der Waals surface area (Å²) >= 11 is 0.946. The molecule has 0 saturated heterocycles. The molecule has 1 atom stereocenters. The van der Waals surface area contributed by atoms with Crippen molar-refractivity contribution in [3.05, 3.63) is 82.9 Å². The molecular formula is C24H20F3N3O2S. The first kappa shape index (κ1) is 21.6. The monoisotopic (exact) mass is 471 g/mol. The maximum Gasteiger partial charge on any atom is 0.431 e. The summed E-state index contributed by atoms with van der Waals surface area (Å²) in [5.74, 6) is 0.768. The Kier molecular flexibility index (Phi) is 4.86. The average Bonchev–Trinajstić information content (AvgIpc) is 3.29. The van der Waals surface area contributed by atoms with Crippen molar-refractivity contribution in [1.82, 2.24) is 9.55 Å². The first-order chi connectivity index (χ1) is 15.7. The Morgan fingerprint density at radius 3 is 2.61 bits per heavy atom. The van der Waals surface area contributed by atoms with Gasteiger partial charge in [-0.25, -0.2) is 4.98 Å². The summed E-state index contributed by atoms with van der Waals surface area (Å²) in [5, 5.41) is 0.235. The topological polar surface area (TPSA) is 47.4 Å². The van der Waals surface area contributed by atoms with Crippen LogP contribution in [0.25, 0.3) is 5.70 Å². The minimum Gasteiger partial charge on any atom is -0.496 e. The number of nitrogens with zero attached hydrogens (tertiary/aromatic N) is 3. The van der Waals surface area contributed by atoms with Gasteiger partial charge in [0.25, 0.3) is 0 Å². The Morgan fingerprint density at radius 2 is 1.94 bits per heavy atom. The minimum absolute atomic E-state index is 0.130. The molecule has 1 spiro atoms. The fourth-order valence-electron chi connectivity index (χ4n) is 5.00. The molecule has 2 aromatic rings. The number of benzene rings is 1. The highest BCUT2D eigenvalue weighted by Crippen LogP contribution is 2.57. The number of ether oxygens (including phenoxy) is 1. The molecule has 1 aromatic heterocycles. The summed E-state index contributed by atoms with van der Waals surface area (Å²) < 4.78 is 49.6. The summed E-state index contributed by atoms with van der Waals surface area (Å²) in [6, 6.07) is 8.75. The zero-order valence-electron chi connectivity index (χ0n) is 18.1. The highest BCUT2D eigenvalue weighted by molar-refractivity contribution is 8.14. The van der Waals surface area contributed by atoms with Crippen LogP contribution in [0.5, 0.6) is 0 Å². The van der Waals surface area contributed by atoms with E-state index in [1.54, 1.807) is 42.0 Å². The standard InChI is InChI=1S/C24H20F3N3O2S/c1-14-12-23-11-7-10-17(24(25,26)27)30(23)22-28-13-18(29(22)20(23)15(2)19(14)32-3)33-21(31)16-8-5-4-6-9-16/h4-11,13H,12H2,1-3H3. The first-order valence-corrected chi connectivity index (χ1v) is 11.1. The van der Waals surface area contributed by atoms with E-state index in [-0.39, 0.29) is 11.1 Å². The highest BCUT2D eigenvalue weighted by Gasteiger charge is 2.58. The molecule has 0 bridgehead atoms. The zero-order chi connectivity index (χ0) is 23.5. The number of hydrogen-bond donors (Lipinski definition) is 0. The fourth-order valence-corrected chi connectivity index (χ4v) is 5.81. The number of thioether (sulfide) groups is 1. The number of anilines is 1. The van der Waals surface area contributed by atoms with Gasteiger partial charge in [0, 0.05) is 17.6 Å². The molecule has 0 saturated carbocycles. The van der Waals surface area contributed by atoms with Crippen LogP contribution in [0.1, 0.15) is 30.6 Å². The summed E-state index contributed by atoms with van der Waals surface area (Å²) in [5.41, 5.74) is 0.778. The summed E-state index contributed by atoms with van der Waals surface area (Å²) in [7, 11) is 1.55. The number of methoxy groups -OCH3 is 1. The molecule has 1 unspecified atom stereocenters. The van der Waals surface area contributed by atoms with Gasteiger partial charge < -0.3 is 4.74 Å². The van der Waals surface area contributed by atoms with E-state index in [0.717, 1.165) is 23.4 Å². The van der Waals surface area contributed by atoms with E-state index in [1.807, 2.05) is 19.9 Å². The smallest absolute Gasteiger partial charge is 0.431 e. The molecule has 3 heterocycles. The number of imidazole rings is 1. The second kappa shape index (κ2) is 7.41. The number of alkyl halides is 3. The van der Waals surface area contributed by atoms with Gasteiger partial charge in [0.05, 0.1) is 19.0 Å². The van der Waals surface area contributed by atoms with Crippen LogP contribution in [-0.4, -0.2) is 33.5 Å². The summed E-state index contributed by atoms with van der Waals surface area (Å²) in [4.78, 5) is 18.5. The number of hydrogen-bond acceptors (Lipinski definition) is 5. The van der Waals surface area contributed by atoms with Gasteiger partial charge >= 0.3 is 6.18 Å². The van der Waals surface area contributed by atoms with Crippen LogP contribution in [0.3, 0.4) is 0 Å². The molecule has 33 heavy (non-hydrogen) atoms. The van der Waals surface area contributed by atoms with Gasteiger partial charge in [0.15, 0.2) is 0 Å².